The van der Waals surface area contributed by atoms with Crippen LogP contribution in [0, 0.1) is 5.41 Å². The summed E-state index contributed by atoms with van der Waals surface area (Å²) in [4.78, 5) is 0. The Bertz CT molecular complexity index is 232. The first-order chi connectivity index (χ1) is 5.46. The van der Waals surface area contributed by atoms with Gasteiger partial charge in [-0.15, -0.1) is 0 Å². The maximum atomic E-state index is 4.09. The molecule has 0 aromatic carbocycles. The zero-order chi connectivity index (χ0) is 9.35. The van der Waals surface area contributed by atoms with E-state index in [1.54, 1.807) is 11.1 Å². The maximum Gasteiger partial charge on any atom is -0.00817 e. The lowest BCUT2D eigenvalue weighted by Crippen LogP contribution is -2.21. The van der Waals surface area contributed by atoms with Crippen LogP contribution in [0.2, 0.25) is 0 Å². The average Bonchev–Trinajstić information content (AvgIpc) is 1.97. The zero-order valence-corrected chi connectivity index (χ0v) is 8.83. The van der Waals surface area contributed by atoms with Crippen molar-refractivity contribution >= 4 is 0 Å². The monoisotopic (exact) mass is 164 g/mol. The summed E-state index contributed by atoms with van der Waals surface area (Å²) in [6.07, 6.45) is 3.76. The molecule has 1 aliphatic rings. The first kappa shape index (κ1) is 9.57. The van der Waals surface area contributed by atoms with Crippen LogP contribution >= 0.6 is 0 Å². The molecule has 0 radical (unpaired) electrons. The molecule has 0 bridgehead atoms. The highest BCUT2D eigenvalue weighted by molar-refractivity contribution is 5.22. The van der Waals surface area contributed by atoms with Gasteiger partial charge in [0.15, 0.2) is 0 Å². The van der Waals surface area contributed by atoms with E-state index in [1.165, 1.54) is 24.8 Å². The smallest absolute Gasteiger partial charge is 0.00817 e. The van der Waals surface area contributed by atoms with Crippen molar-refractivity contribution in [2.24, 2.45) is 5.41 Å². The largest absolute Gasteiger partial charge is 0.0996 e. The predicted octanol–water partition coefficient (Wildman–Crippen LogP) is 4.09. The summed E-state index contributed by atoms with van der Waals surface area (Å²) in [5.41, 5.74) is 4.89. The molecule has 0 nitrogen and oxygen atoms in total. The van der Waals surface area contributed by atoms with Gasteiger partial charge in [0.2, 0.25) is 0 Å². The Morgan fingerprint density at radius 2 is 1.92 bits per heavy atom. The van der Waals surface area contributed by atoms with E-state index in [0.717, 1.165) is 0 Å². The van der Waals surface area contributed by atoms with Gasteiger partial charge in [-0.25, -0.2) is 0 Å². The molecule has 0 aliphatic heterocycles. The van der Waals surface area contributed by atoms with Crippen LogP contribution in [-0.2, 0) is 0 Å². The van der Waals surface area contributed by atoms with Crippen LogP contribution in [0.5, 0.6) is 0 Å². The summed E-state index contributed by atoms with van der Waals surface area (Å²) < 4.78 is 0. The highest BCUT2D eigenvalue weighted by Gasteiger charge is 2.28. The second-order valence-corrected chi connectivity index (χ2v) is 4.58. The van der Waals surface area contributed by atoms with Crippen molar-refractivity contribution in [3.8, 4) is 0 Å². The normalized spacial score (nSPS) is 30.7. The lowest BCUT2D eigenvalue weighted by atomic mass is 9.70. The summed E-state index contributed by atoms with van der Waals surface area (Å²) >= 11 is 0. The van der Waals surface area contributed by atoms with Crippen LogP contribution in [0.1, 0.15) is 47.0 Å². The molecule has 0 heterocycles. The first-order valence-electron chi connectivity index (χ1n) is 4.77. The van der Waals surface area contributed by atoms with Gasteiger partial charge in [-0.3, -0.25) is 0 Å². The fourth-order valence-corrected chi connectivity index (χ4v) is 1.87. The van der Waals surface area contributed by atoms with Gasteiger partial charge in [0.25, 0.3) is 0 Å². The molecular formula is C12H20. The van der Waals surface area contributed by atoms with Crippen molar-refractivity contribution in [1.29, 1.82) is 0 Å². The quantitative estimate of drug-likeness (QED) is 0.512. The molecule has 68 valence electrons. The van der Waals surface area contributed by atoms with Crippen LogP contribution in [-0.4, -0.2) is 0 Å². The van der Waals surface area contributed by atoms with Gasteiger partial charge < -0.3 is 0 Å². The third kappa shape index (κ3) is 1.63. The Kier molecular flexibility index (Phi) is 2.46. The van der Waals surface area contributed by atoms with E-state index in [4.69, 9.17) is 0 Å². The van der Waals surface area contributed by atoms with Crippen LogP contribution < -0.4 is 0 Å². The molecule has 0 fully saturated rings. The Labute approximate surface area is 76.4 Å². The molecule has 1 rings (SSSR count). The molecule has 0 spiro atoms. The third-order valence-corrected chi connectivity index (χ3v) is 3.47. The van der Waals surface area contributed by atoms with E-state index < -0.39 is 0 Å². The maximum absolute atomic E-state index is 4.09. The topological polar surface area (TPSA) is 0 Å². The van der Waals surface area contributed by atoms with Gasteiger partial charge >= 0.3 is 0 Å². The Morgan fingerprint density at radius 1 is 1.33 bits per heavy atom. The molecule has 0 aromatic heterocycles. The van der Waals surface area contributed by atoms with Crippen LogP contribution in [0.15, 0.2) is 23.3 Å². The third-order valence-electron chi connectivity index (χ3n) is 3.47. The van der Waals surface area contributed by atoms with Crippen LogP contribution in [0.3, 0.4) is 0 Å². The molecule has 0 aromatic rings. The van der Waals surface area contributed by atoms with Crippen molar-refractivity contribution in [1.82, 2.24) is 0 Å². The van der Waals surface area contributed by atoms with Crippen molar-refractivity contribution in [3.63, 3.8) is 0 Å². The molecule has 0 unspecified atom stereocenters. The number of hydrogen-bond acceptors (Lipinski definition) is 0. The summed E-state index contributed by atoms with van der Waals surface area (Å²) in [6.45, 7) is 13.1. The van der Waals surface area contributed by atoms with Gasteiger partial charge in [-0.1, -0.05) is 30.2 Å². The molecular weight excluding hydrogens is 144 g/mol. The van der Waals surface area contributed by atoms with E-state index in [-0.39, 0.29) is 0 Å². The Morgan fingerprint density at radius 3 is 2.33 bits per heavy atom. The van der Waals surface area contributed by atoms with E-state index >= 15 is 0 Å². The second-order valence-electron chi connectivity index (χ2n) is 4.58. The first-order valence-corrected chi connectivity index (χ1v) is 4.77. The minimum atomic E-state index is 0.379. The molecule has 1 aliphatic carbocycles. The average molecular weight is 164 g/mol. The molecule has 0 saturated heterocycles. The van der Waals surface area contributed by atoms with Gasteiger partial charge in [0.05, 0.1) is 0 Å². The minimum Gasteiger partial charge on any atom is -0.0996 e. The highest BCUT2D eigenvalue weighted by Crippen LogP contribution is 2.43. The van der Waals surface area contributed by atoms with Crippen molar-refractivity contribution in [2.75, 3.05) is 0 Å². The lowest BCUT2D eigenvalue weighted by Gasteiger charge is -2.35. The molecule has 0 saturated carbocycles. The number of rotatable bonds is 1. The van der Waals surface area contributed by atoms with Crippen LogP contribution in [0.4, 0.5) is 0 Å². The van der Waals surface area contributed by atoms with Gasteiger partial charge in [0.1, 0.15) is 0 Å². The van der Waals surface area contributed by atoms with E-state index in [2.05, 4.69) is 34.3 Å². The second kappa shape index (κ2) is 3.08. The fourth-order valence-electron chi connectivity index (χ4n) is 1.87. The minimum absolute atomic E-state index is 0.379. The Balaban J connectivity index is 2.84. The summed E-state index contributed by atoms with van der Waals surface area (Å²) in [5, 5.41) is 0. The molecule has 0 amide bonds. The summed E-state index contributed by atoms with van der Waals surface area (Å²) in [5.74, 6) is 0. The summed E-state index contributed by atoms with van der Waals surface area (Å²) in [6, 6.07) is 0. The van der Waals surface area contributed by atoms with Crippen molar-refractivity contribution in [2.45, 2.75) is 47.0 Å². The Hall–Kier alpha value is -0.520. The zero-order valence-electron chi connectivity index (χ0n) is 8.83. The number of hydrogen-bond donors (Lipinski definition) is 0. The summed E-state index contributed by atoms with van der Waals surface area (Å²) in [7, 11) is 0. The van der Waals surface area contributed by atoms with Crippen molar-refractivity contribution in [3.05, 3.63) is 23.3 Å². The highest BCUT2D eigenvalue weighted by atomic mass is 14.3. The number of allylic oxidation sites excluding steroid dienone is 3. The van der Waals surface area contributed by atoms with Gasteiger partial charge in [-0.05, 0) is 45.4 Å². The van der Waals surface area contributed by atoms with E-state index in [0.29, 0.717) is 5.41 Å². The lowest BCUT2D eigenvalue weighted by molar-refractivity contribution is 0.342. The predicted molar refractivity (Wildman–Crippen MR) is 55.1 cm³/mol. The van der Waals surface area contributed by atoms with Crippen LogP contribution in [0.25, 0.3) is 0 Å². The van der Waals surface area contributed by atoms with E-state index in [1.807, 2.05) is 0 Å². The fraction of sp³-hybridized carbons (Fsp3) is 0.667. The molecule has 0 N–H and O–H groups in total. The molecule has 12 heavy (non-hydrogen) atoms. The van der Waals surface area contributed by atoms with Crippen molar-refractivity contribution < 1.29 is 0 Å². The SMILES string of the molecule is C=C(C)[C@]1(C)CCC(C)=C(C)C1. The molecule has 1 atom stereocenters. The van der Waals surface area contributed by atoms with Gasteiger partial charge in [-0.2, -0.15) is 0 Å². The van der Waals surface area contributed by atoms with E-state index in [9.17, 15) is 0 Å². The van der Waals surface area contributed by atoms with Gasteiger partial charge in [0, 0.05) is 0 Å². The standard InChI is InChI=1S/C12H20/c1-9(2)12(5)7-6-10(3)11(4)8-12/h1,6-8H2,2-5H3/t12-/m1/s1. The molecule has 0 heteroatoms.